The van der Waals surface area contributed by atoms with Gasteiger partial charge < -0.3 is 19.5 Å². The van der Waals surface area contributed by atoms with E-state index >= 15 is 0 Å². The molecule has 0 unspecified atom stereocenters. The molecule has 4 rings (SSSR count). The van der Waals surface area contributed by atoms with Crippen LogP contribution >= 0.6 is 0 Å². The first-order valence-corrected chi connectivity index (χ1v) is 12.1. The second-order valence-electron chi connectivity index (χ2n) is 8.02. The average molecular weight is 446 g/mol. The van der Waals surface area contributed by atoms with Crippen LogP contribution in [0.4, 0.5) is 4.79 Å². The molecule has 1 amide bonds. The van der Waals surface area contributed by atoms with Gasteiger partial charge in [0.25, 0.3) is 0 Å². The van der Waals surface area contributed by atoms with E-state index in [2.05, 4.69) is 5.32 Å². The van der Waals surface area contributed by atoms with Gasteiger partial charge in [-0.2, -0.15) is 0 Å². The van der Waals surface area contributed by atoms with Gasteiger partial charge in [-0.1, -0.05) is 48.5 Å². The Morgan fingerprint density at radius 1 is 1.03 bits per heavy atom. The molecule has 2 aromatic rings. The summed E-state index contributed by atoms with van der Waals surface area (Å²) in [4.78, 5) is 12.7. The third kappa shape index (κ3) is 5.44. The predicted molar refractivity (Wildman–Crippen MR) is 114 cm³/mol. The SMILES string of the molecule is O=C(N[C@H]1CCC2(C[C@H]1CS(=O)(=O)c1ccccc1)OCCO2)OCc1ccccc1. The van der Waals surface area contributed by atoms with Gasteiger partial charge in [0.1, 0.15) is 6.61 Å². The third-order valence-corrected chi connectivity index (χ3v) is 7.70. The number of nitrogens with one attached hydrogen (secondary N) is 1. The lowest BCUT2D eigenvalue weighted by Crippen LogP contribution is -2.51. The lowest BCUT2D eigenvalue weighted by molar-refractivity contribution is -0.188. The number of ether oxygens (including phenoxy) is 3. The van der Waals surface area contributed by atoms with Crippen molar-refractivity contribution in [2.75, 3.05) is 19.0 Å². The van der Waals surface area contributed by atoms with Gasteiger partial charge in [0, 0.05) is 18.9 Å². The van der Waals surface area contributed by atoms with Crippen LogP contribution in [0.3, 0.4) is 0 Å². The van der Waals surface area contributed by atoms with Gasteiger partial charge in [-0.05, 0) is 30.0 Å². The molecule has 1 saturated carbocycles. The maximum absolute atomic E-state index is 13.0. The number of carbonyl (C=O) groups excluding carboxylic acids is 1. The topological polar surface area (TPSA) is 90.9 Å². The molecule has 2 atom stereocenters. The maximum Gasteiger partial charge on any atom is 0.407 e. The molecule has 2 aliphatic rings. The minimum Gasteiger partial charge on any atom is -0.445 e. The first-order valence-electron chi connectivity index (χ1n) is 10.5. The van der Waals surface area contributed by atoms with Crippen LogP contribution in [0.15, 0.2) is 65.6 Å². The van der Waals surface area contributed by atoms with Crippen molar-refractivity contribution in [3.63, 3.8) is 0 Å². The summed E-state index contributed by atoms with van der Waals surface area (Å²) in [6.45, 7) is 1.15. The average Bonchev–Trinajstić information content (AvgIpc) is 3.23. The lowest BCUT2D eigenvalue weighted by atomic mass is 9.81. The minimum absolute atomic E-state index is 0.102. The summed E-state index contributed by atoms with van der Waals surface area (Å²) in [5.41, 5.74) is 0.885. The van der Waals surface area contributed by atoms with Crippen molar-refractivity contribution in [1.82, 2.24) is 5.32 Å². The Morgan fingerprint density at radius 2 is 1.68 bits per heavy atom. The van der Waals surface area contributed by atoms with Gasteiger partial charge in [-0.25, -0.2) is 13.2 Å². The summed E-state index contributed by atoms with van der Waals surface area (Å²) in [7, 11) is -3.53. The zero-order chi connectivity index (χ0) is 21.7. The summed E-state index contributed by atoms with van der Waals surface area (Å²) in [6.07, 6.45) is 0.997. The first kappa shape index (κ1) is 21.8. The summed E-state index contributed by atoms with van der Waals surface area (Å²) < 4.78 is 43.0. The molecule has 31 heavy (non-hydrogen) atoms. The molecule has 0 aromatic heterocycles. The van der Waals surface area contributed by atoms with Crippen molar-refractivity contribution >= 4 is 15.9 Å². The largest absolute Gasteiger partial charge is 0.445 e. The van der Waals surface area contributed by atoms with E-state index in [1.165, 1.54) is 0 Å². The molecular weight excluding hydrogens is 418 g/mol. The number of amides is 1. The molecule has 2 fully saturated rings. The Balaban J connectivity index is 1.45. The van der Waals surface area contributed by atoms with E-state index in [0.717, 1.165) is 5.56 Å². The van der Waals surface area contributed by atoms with Crippen molar-refractivity contribution in [2.45, 2.75) is 42.6 Å². The predicted octanol–water partition coefficient (Wildman–Crippen LogP) is 3.30. The van der Waals surface area contributed by atoms with E-state index in [0.29, 0.717) is 32.5 Å². The van der Waals surface area contributed by atoms with E-state index in [4.69, 9.17) is 14.2 Å². The zero-order valence-electron chi connectivity index (χ0n) is 17.2. The van der Waals surface area contributed by atoms with Crippen LogP contribution < -0.4 is 5.32 Å². The normalized spacial score (nSPS) is 22.8. The zero-order valence-corrected chi connectivity index (χ0v) is 18.1. The minimum atomic E-state index is -3.53. The second-order valence-corrected chi connectivity index (χ2v) is 10.1. The van der Waals surface area contributed by atoms with E-state index in [-0.39, 0.29) is 29.2 Å². The van der Waals surface area contributed by atoms with Crippen LogP contribution in [0.1, 0.15) is 24.8 Å². The van der Waals surface area contributed by atoms with Crippen LogP contribution in [0.5, 0.6) is 0 Å². The molecule has 1 saturated heterocycles. The number of sulfone groups is 1. The molecular formula is C23H27NO6S. The number of alkyl carbamates (subject to hydrolysis) is 1. The van der Waals surface area contributed by atoms with Gasteiger partial charge in [-0.15, -0.1) is 0 Å². The second kappa shape index (κ2) is 9.38. The fraction of sp³-hybridized carbons (Fsp3) is 0.435. The van der Waals surface area contributed by atoms with E-state index in [1.54, 1.807) is 30.3 Å². The Hall–Kier alpha value is -2.42. The van der Waals surface area contributed by atoms with Crippen LogP contribution in [-0.2, 0) is 30.7 Å². The summed E-state index contributed by atoms with van der Waals surface area (Å²) in [6, 6.07) is 17.4. The molecule has 166 valence electrons. The highest BCUT2D eigenvalue weighted by Crippen LogP contribution is 2.40. The lowest BCUT2D eigenvalue weighted by Gasteiger charge is -2.41. The first-order chi connectivity index (χ1) is 15.0. The molecule has 1 N–H and O–H groups in total. The van der Waals surface area contributed by atoms with Crippen LogP contribution in [0.25, 0.3) is 0 Å². The highest BCUT2D eigenvalue weighted by molar-refractivity contribution is 7.91. The summed E-state index contributed by atoms with van der Waals surface area (Å²) in [5.74, 6) is -1.22. The molecule has 1 aliphatic carbocycles. The van der Waals surface area contributed by atoms with Gasteiger partial charge in [0.2, 0.25) is 0 Å². The third-order valence-electron chi connectivity index (χ3n) is 5.84. The molecule has 2 aromatic carbocycles. The van der Waals surface area contributed by atoms with Gasteiger partial charge in [0.15, 0.2) is 15.6 Å². The van der Waals surface area contributed by atoms with Gasteiger partial charge >= 0.3 is 6.09 Å². The monoisotopic (exact) mass is 445 g/mol. The fourth-order valence-corrected chi connectivity index (χ4v) is 5.98. The molecule has 0 bridgehead atoms. The fourth-order valence-electron chi connectivity index (χ4n) is 4.30. The molecule has 7 nitrogen and oxygen atoms in total. The Bertz CT molecular complexity index is 974. The van der Waals surface area contributed by atoms with Gasteiger partial charge in [-0.3, -0.25) is 0 Å². The van der Waals surface area contributed by atoms with E-state index in [9.17, 15) is 13.2 Å². The standard InChI is InChI=1S/C23H27NO6S/c25-22(28-16-18-7-3-1-4-8-18)24-21-11-12-23(29-13-14-30-23)15-19(21)17-31(26,27)20-9-5-2-6-10-20/h1-10,19,21H,11-17H2,(H,24,25)/t19-,21-/m0/s1. The quantitative estimate of drug-likeness (QED) is 0.734. The number of hydrogen-bond donors (Lipinski definition) is 1. The summed E-state index contributed by atoms with van der Waals surface area (Å²) >= 11 is 0. The Morgan fingerprint density at radius 3 is 2.35 bits per heavy atom. The van der Waals surface area contributed by atoms with Crippen molar-refractivity contribution in [1.29, 1.82) is 0 Å². The van der Waals surface area contributed by atoms with Crippen molar-refractivity contribution < 1.29 is 27.4 Å². The van der Waals surface area contributed by atoms with Crippen LogP contribution in [0, 0.1) is 5.92 Å². The van der Waals surface area contributed by atoms with Crippen molar-refractivity contribution in [3.8, 4) is 0 Å². The van der Waals surface area contributed by atoms with Crippen molar-refractivity contribution in [2.24, 2.45) is 5.92 Å². The number of carbonyl (C=O) groups is 1. The van der Waals surface area contributed by atoms with Crippen LogP contribution in [-0.4, -0.2) is 45.3 Å². The highest BCUT2D eigenvalue weighted by Gasteiger charge is 2.46. The maximum atomic E-state index is 13.0. The molecule has 8 heteroatoms. The highest BCUT2D eigenvalue weighted by atomic mass is 32.2. The number of hydrogen-bond acceptors (Lipinski definition) is 6. The number of rotatable bonds is 6. The van der Waals surface area contributed by atoms with E-state index in [1.807, 2.05) is 30.3 Å². The van der Waals surface area contributed by atoms with Gasteiger partial charge in [0.05, 0.1) is 23.9 Å². The smallest absolute Gasteiger partial charge is 0.407 e. The van der Waals surface area contributed by atoms with E-state index < -0.39 is 21.7 Å². The molecule has 1 aliphatic heterocycles. The summed E-state index contributed by atoms with van der Waals surface area (Å²) in [5, 5.41) is 2.88. The number of benzene rings is 2. The molecule has 1 heterocycles. The Kier molecular flexibility index (Phi) is 6.60. The van der Waals surface area contributed by atoms with Crippen molar-refractivity contribution in [3.05, 3.63) is 66.2 Å². The molecule has 1 spiro atoms. The molecule has 0 radical (unpaired) electrons. The van der Waals surface area contributed by atoms with Crippen LogP contribution in [0.2, 0.25) is 0 Å². The Labute approximate surface area is 182 Å².